The fraction of sp³-hybridized carbons (Fsp3) is 0.316. The Labute approximate surface area is 186 Å². The number of piperidine rings is 1. The largest absolute Gasteiger partial charge is 0.326 e. The molecule has 162 valence electrons. The molecule has 1 fully saturated rings. The van der Waals surface area contributed by atoms with Crippen LogP contribution in [-0.2, 0) is 24.7 Å². The van der Waals surface area contributed by atoms with Gasteiger partial charge in [-0.2, -0.15) is 4.31 Å². The van der Waals surface area contributed by atoms with Crippen LogP contribution in [0.2, 0.25) is 10.0 Å². The third-order valence-electron chi connectivity index (χ3n) is 4.84. The Morgan fingerprint density at radius 1 is 0.933 bits per heavy atom. The maximum atomic E-state index is 12.8. The lowest BCUT2D eigenvalue weighted by Crippen LogP contribution is -2.41. The Morgan fingerprint density at radius 3 is 1.93 bits per heavy atom. The Bertz CT molecular complexity index is 1140. The van der Waals surface area contributed by atoms with Gasteiger partial charge in [0.2, 0.25) is 15.9 Å². The Morgan fingerprint density at radius 2 is 1.43 bits per heavy atom. The van der Waals surface area contributed by atoms with E-state index >= 15 is 0 Å². The summed E-state index contributed by atoms with van der Waals surface area (Å²) in [5.74, 6) is -0.565. The van der Waals surface area contributed by atoms with E-state index in [4.69, 9.17) is 23.2 Å². The van der Waals surface area contributed by atoms with E-state index in [1.54, 1.807) is 18.2 Å². The van der Waals surface area contributed by atoms with Gasteiger partial charge in [-0.25, -0.2) is 16.8 Å². The Kier molecular flexibility index (Phi) is 6.78. The first kappa shape index (κ1) is 23.0. The van der Waals surface area contributed by atoms with E-state index in [1.807, 2.05) is 0 Å². The highest BCUT2D eigenvalue weighted by molar-refractivity contribution is 7.90. The van der Waals surface area contributed by atoms with Gasteiger partial charge in [0, 0.05) is 41.0 Å². The second-order valence-corrected chi connectivity index (χ2v) is 11.9. The average molecular weight is 491 g/mol. The number of carbonyl (C=O) groups is 1. The molecule has 30 heavy (non-hydrogen) atoms. The predicted octanol–water partition coefficient (Wildman–Crippen LogP) is 3.44. The minimum absolute atomic E-state index is 0.0198. The van der Waals surface area contributed by atoms with Gasteiger partial charge in [-0.15, -0.1) is 0 Å². The van der Waals surface area contributed by atoms with Crippen molar-refractivity contribution in [2.24, 2.45) is 5.92 Å². The molecule has 0 unspecified atom stereocenters. The first-order chi connectivity index (χ1) is 14.0. The monoisotopic (exact) mass is 490 g/mol. The Hall–Kier alpha value is -1.65. The number of rotatable bonds is 5. The standard InChI is InChI=1S/C19H20Cl2N2O5S2/c1-29(25,26)17-2-4-18(5-3-17)30(27,28)23-8-6-13(7-9-23)19(24)22-16-11-14(20)10-15(21)12-16/h2-5,10-13H,6-9H2,1H3,(H,22,24). The molecule has 1 aliphatic rings. The van der Waals surface area contributed by atoms with E-state index in [0.29, 0.717) is 28.6 Å². The van der Waals surface area contributed by atoms with Crippen LogP contribution in [0, 0.1) is 5.92 Å². The van der Waals surface area contributed by atoms with Crippen LogP contribution in [0.25, 0.3) is 0 Å². The number of benzene rings is 2. The summed E-state index contributed by atoms with van der Waals surface area (Å²) < 4.78 is 50.1. The fourth-order valence-electron chi connectivity index (χ4n) is 3.24. The molecule has 0 aliphatic carbocycles. The third-order valence-corrected chi connectivity index (χ3v) is 8.32. The molecule has 0 bridgehead atoms. The topological polar surface area (TPSA) is 101 Å². The number of hydrogen-bond acceptors (Lipinski definition) is 5. The first-order valence-electron chi connectivity index (χ1n) is 9.04. The highest BCUT2D eigenvalue weighted by Crippen LogP contribution is 2.27. The molecule has 0 aromatic heterocycles. The zero-order chi connectivity index (χ0) is 22.1. The summed E-state index contributed by atoms with van der Waals surface area (Å²) >= 11 is 11.9. The number of sulfone groups is 1. The van der Waals surface area contributed by atoms with Crippen molar-refractivity contribution in [1.82, 2.24) is 4.31 Å². The first-order valence-corrected chi connectivity index (χ1v) is 13.1. The molecule has 0 saturated carbocycles. The molecule has 1 heterocycles. The molecule has 2 aromatic carbocycles. The molecule has 0 spiro atoms. The van der Waals surface area contributed by atoms with Crippen LogP contribution in [0.4, 0.5) is 5.69 Å². The second-order valence-electron chi connectivity index (χ2n) is 7.07. The number of nitrogens with one attached hydrogen (secondary N) is 1. The van der Waals surface area contributed by atoms with Gasteiger partial charge >= 0.3 is 0 Å². The predicted molar refractivity (Wildman–Crippen MR) is 116 cm³/mol. The van der Waals surface area contributed by atoms with E-state index in [2.05, 4.69) is 5.32 Å². The normalized spacial score (nSPS) is 16.4. The van der Waals surface area contributed by atoms with Crippen LogP contribution in [0.5, 0.6) is 0 Å². The second kappa shape index (κ2) is 8.84. The van der Waals surface area contributed by atoms with Gasteiger partial charge in [-0.05, 0) is 55.3 Å². The summed E-state index contributed by atoms with van der Waals surface area (Å²) in [6.07, 6.45) is 1.78. The number of halogens is 2. The van der Waals surface area contributed by atoms with Crippen LogP contribution in [0.15, 0.2) is 52.3 Å². The summed E-state index contributed by atoms with van der Waals surface area (Å²) in [4.78, 5) is 12.6. The average Bonchev–Trinajstić information content (AvgIpc) is 2.66. The third kappa shape index (κ3) is 5.33. The van der Waals surface area contributed by atoms with Crippen molar-refractivity contribution < 1.29 is 21.6 Å². The van der Waals surface area contributed by atoms with Gasteiger partial charge in [0.25, 0.3) is 0 Å². The van der Waals surface area contributed by atoms with E-state index in [1.165, 1.54) is 28.6 Å². The van der Waals surface area contributed by atoms with E-state index < -0.39 is 19.9 Å². The van der Waals surface area contributed by atoms with Crippen molar-refractivity contribution in [2.75, 3.05) is 24.7 Å². The SMILES string of the molecule is CS(=O)(=O)c1ccc(S(=O)(=O)N2CCC(C(=O)Nc3cc(Cl)cc(Cl)c3)CC2)cc1. The lowest BCUT2D eigenvalue weighted by atomic mass is 9.97. The quantitative estimate of drug-likeness (QED) is 0.691. The van der Waals surface area contributed by atoms with Crippen LogP contribution in [0.3, 0.4) is 0 Å². The van der Waals surface area contributed by atoms with E-state index in [-0.39, 0.29) is 34.7 Å². The highest BCUT2D eigenvalue weighted by atomic mass is 35.5. The smallest absolute Gasteiger partial charge is 0.243 e. The summed E-state index contributed by atoms with van der Waals surface area (Å²) in [6, 6.07) is 9.86. The summed E-state index contributed by atoms with van der Waals surface area (Å²) in [7, 11) is -7.18. The number of amides is 1. The van der Waals surface area contributed by atoms with Gasteiger partial charge in [0.05, 0.1) is 9.79 Å². The molecule has 7 nitrogen and oxygen atoms in total. The lowest BCUT2D eigenvalue weighted by molar-refractivity contribution is -0.120. The van der Waals surface area contributed by atoms with Crippen molar-refractivity contribution in [3.05, 3.63) is 52.5 Å². The zero-order valence-corrected chi connectivity index (χ0v) is 19.2. The minimum atomic E-state index is -3.77. The molecule has 0 atom stereocenters. The molecule has 1 N–H and O–H groups in total. The minimum Gasteiger partial charge on any atom is -0.326 e. The summed E-state index contributed by atoms with van der Waals surface area (Å²) in [5, 5.41) is 3.57. The molecular weight excluding hydrogens is 471 g/mol. The maximum absolute atomic E-state index is 12.8. The summed E-state index contributed by atoms with van der Waals surface area (Å²) in [6.45, 7) is 0.370. The molecule has 1 saturated heterocycles. The van der Waals surface area contributed by atoms with Crippen LogP contribution in [0.1, 0.15) is 12.8 Å². The number of sulfonamides is 1. The molecule has 11 heteroatoms. The van der Waals surface area contributed by atoms with Gasteiger partial charge in [0.15, 0.2) is 9.84 Å². The highest BCUT2D eigenvalue weighted by Gasteiger charge is 2.32. The van der Waals surface area contributed by atoms with Gasteiger partial charge < -0.3 is 5.32 Å². The summed E-state index contributed by atoms with van der Waals surface area (Å²) in [5.41, 5.74) is 0.485. The molecule has 0 radical (unpaired) electrons. The molecule has 1 aliphatic heterocycles. The van der Waals surface area contributed by atoms with Gasteiger partial charge in [-0.3, -0.25) is 4.79 Å². The number of nitrogens with zero attached hydrogens (tertiary/aromatic N) is 1. The van der Waals surface area contributed by atoms with Gasteiger partial charge in [0.1, 0.15) is 0 Å². The van der Waals surface area contributed by atoms with Gasteiger partial charge in [-0.1, -0.05) is 23.2 Å². The van der Waals surface area contributed by atoms with Crippen LogP contribution in [-0.4, -0.2) is 46.4 Å². The maximum Gasteiger partial charge on any atom is 0.243 e. The van der Waals surface area contributed by atoms with Crippen molar-refractivity contribution in [1.29, 1.82) is 0 Å². The number of carbonyl (C=O) groups excluding carboxylic acids is 1. The van der Waals surface area contributed by atoms with E-state index in [9.17, 15) is 21.6 Å². The van der Waals surface area contributed by atoms with Crippen LogP contribution >= 0.6 is 23.2 Å². The number of anilines is 1. The van der Waals surface area contributed by atoms with Crippen molar-refractivity contribution >= 4 is 54.7 Å². The molecule has 1 amide bonds. The van der Waals surface area contributed by atoms with E-state index in [0.717, 1.165) is 6.26 Å². The lowest BCUT2D eigenvalue weighted by Gasteiger charge is -2.30. The molecule has 3 rings (SSSR count). The zero-order valence-electron chi connectivity index (χ0n) is 16.0. The molecule has 2 aromatic rings. The van der Waals surface area contributed by atoms with Crippen molar-refractivity contribution in [3.8, 4) is 0 Å². The van der Waals surface area contributed by atoms with Crippen molar-refractivity contribution in [2.45, 2.75) is 22.6 Å². The Balaban J connectivity index is 1.64. The van der Waals surface area contributed by atoms with Crippen LogP contribution < -0.4 is 5.32 Å². The fourth-order valence-corrected chi connectivity index (χ4v) is 5.86. The van der Waals surface area contributed by atoms with Crippen molar-refractivity contribution in [3.63, 3.8) is 0 Å². The number of hydrogen-bond donors (Lipinski definition) is 1. The molecular formula is C19H20Cl2N2O5S2.